The smallest absolute Gasteiger partial charge is 0.326 e. The quantitative estimate of drug-likeness (QED) is 0.330. The van der Waals surface area contributed by atoms with E-state index >= 15 is 0 Å². The van der Waals surface area contributed by atoms with Gasteiger partial charge in [0.05, 0.1) is 32.6 Å². The van der Waals surface area contributed by atoms with Crippen LogP contribution in [0, 0.1) is 43.4 Å². The summed E-state index contributed by atoms with van der Waals surface area (Å²) in [6, 6.07) is 10.1. The van der Waals surface area contributed by atoms with Crippen molar-refractivity contribution in [1.82, 2.24) is 0 Å². The number of benzene rings is 2. The van der Waals surface area contributed by atoms with Crippen LogP contribution in [-0.4, -0.2) is 27.4 Å². The average Bonchev–Trinajstić information content (AvgIpc) is 3.13. The summed E-state index contributed by atoms with van der Waals surface area (Å²) in [6.07, 6.45) is 1.56. The van der Waals surface area contributed by atoms with Crippen molar-refractivity contribution in [2.45, 2.75) is 47.0 Å². The molecule has 11 nitrogen and oxygen atoms in total. The van der Waals surface area contributed by atoms with Gasteiger partial charge in [0.15, 0.2) is 0 Å². The van der Waals surface area contributed by atoms with Gasteiger partial charge < -0.3 is 10.2 Å². The lowest BCUT2D eigenvalue weighted by atomic mass is 9.64. The molecule has 0 spiro atoms. The minimum atomic E-state index is -1.06. The minimum Gasteiger partial charge on any atom is -0.326 e. The number of nitrogens with zero attached hydrogens (tertiary/aromatic N) is 3. The van der Waals surface area contributed by atoms with Crippen molar-refractivity contribution in [1.29, 1.82) is 0 Å². The summed E-state index contributed by atoms with van der Waals surface area (Å²) in [5.41, 5.74) is -1.15. The number of non-ortho nitro benzene ring substituents is 2. The van der Waals surface area contributed by atoms with E-state index in [0.717, 1.165) is 23.8 Å². The maximum atomic E-state index is 13.6. The summed E-state index contributed by atoms with van der Waals surface area (Å²) in [7, 11) is 0. The third-order valence-electron chi connectivity index (χ3n) is 8.24. The highest BCUT2D eigenvalue weighted by molar-refractivity contribution is 6.06. The van der Waals surface area contributed by atoms with Crippen molar-refractivity contribution >= 4 is 34.7 Å². The molecule has 2 bridgehead atoms. The first-order valence-electron chi connectivity index (χ1n) is 11.4. The standard InChI is InChI=1S/C25H26N4O7/c1-15-6-5-7-17(10-15)26-22(31)25-9-8-24(4,23(25,2)3)20(14-25)27-36-21(30)16-11-18(28(32)33)13-19(12-16)29(34)35/h5-7,10-13H,8-9,14H2,1-4H3,(H,26,31)/b27-20+. The van der Waals surface area contributed by atoms with Crippen LogP contribution in [0.4, 0.5) is 17.1 Å². The van der Waals surface area contributed by atoms with Gasteiger partial charge in [-0.15, -0.1) is 0 Å². The number of carbonyl (C=O) groups excluding carboxylic acids is 2. The Morgan fingerprint density at radius 1 is 1.00 bits per heavy atom. The Morgan fingerprint density at radius 3 is 2.22 bits per heavy atom. The molecule has 4 rings (SSSR count). The van der Waals surface area contributed by atoms with E-state index < -0.39 is 43.4 Å². The first kappa shape index (κ1) is 25.0. The fraction of sp³-hybridized carbons (Fsp3) is 0.400. The fourth-order valence-electron chi connectivity index (χ4n) is 5.57. The van der Waals surface area contributed by atoms with Gasteiger partial charge >= 0.3 is 5.97 Å². The Bertz CT molecular complexity index is 1300. The van der Waals surface area contributed by atoms with Crippen LogP contribution in [0.15, 0.2) is 47.6 Å². The Kier molecular flexibility index (Phi) is 5.90. The fourth-order valence-corrected chi connectivity index (χ4v) is 5.57. The van der Waals surface area contributed by atoms with Crippen LogP contribution in [0.25, 0.3) is 0 Å². The maximum Gasteiger partial charge on any atom is 0.366 e. The van der Waals surface area contributed by atoms with Crippen molar-refractivity contribution in [3.05, 3.63) is 73.8 Å². The molecule has 0 saturated heterocycles. The molecule has 0 radical (unpaired) electrons. The van der Waals surface area contributed by atoms with Gasteiger partial charge in [-0.05, 0) is 42.9 Å². The summed E-state index contributed by atoms with van der Waals surface area (Å²) >= 11 is 0. The zero-order valence-electron chi connectivity index (χ0n) is 20.4. The normalized spacial score (nSPS) is 24.9. The van der Waals surface area contributed by atoms with E-state index in [4.69, 9.17) is 4.84 Å². The molecule has 1 amide bonds. The van der Waals surface area contributed by atoms with E-state index in [0.29, 0.717) is 24.2 Å². The summed E-state index contributed by atoms with van der Waals surface area (Å²) < 4.78 is 0. The molecule has 2 fully saturated rings. The van der Waals surface area contributed by atoms with Crippen LogP contribution >= 0.6 is 0 Å². The first-order valence-corrected chi connectivity index (χ1v) is 11.4. The predicted octanol–water partition coefficient (Wildman–Crippen LogP) is 5.18. The average molecular weight is 495 g/mol. The van der Waals surface area contributed by atoms with Crippen molar-refractivity contribution in [2.75, 3.05) is 5.32 Å². The summed E-state index contributed by atoms with van der Waals surface area (Å²) in [5, 5.41) is 29.4. The van der Waals surface area contributed by atoms with Gasteiger partial charge in [-0.3, -0.25) is 25.0 Å². The van der Waals surface area contributed by atoms with Gasteiger partial charge in [0.25, 0.3) is 11.4 Å². The topological polar surface area (TPSA) is 154 Å². The molecule has 2 aromatic carbocycles. The molecule has 188 valence electrons. The Balaban J connectivity index is 1.61. The zero-order valence-corrected chi connectivity index (χ0v) is 20.4. The van der Waals surface area contributed by atoms with Crippen LogP contribution in [0.3, 0.4) is 0 Å². The highest BCUT2D eigenvalue weighted by Crippen LogP contribution is 2.71. The number of rotatable bonds is 6. The molecular weight excluding hydrogens is 468 g/mol. The lowest BCUT2D eigenvalue weighted by molar-refractivity contribution is -0.394. The van der Waals surface area contributed by atoms with E-state index in [9.17, 15) is 29.8 Å². The molecular formula is C25H26N4O7. The molecule has 36 heavy (non-hydrogen) atoms. The number of nitrogens with one attached hydrogen (secondary N) is 1. The van der Waals surface area contributed by atoms with Crippen LogP contribution in [0.1, 0.15) is 56.0 Å². The third kappa shape index (κ3) is 3.80. The van der Waals surface area contributed by atoms with Gasteiger partial charge in [-0.2, -0.15) is 0 Å². The number of amides is 1. The Labute approximate surface area is 206 Å². The van der Waals surface area contributed by atoms with Crippen LogP contribution < -0.4 is 5.32 Å². The molecule has 0 aromatic heterocycles. The molecule has 2 aromatic rings. The summed E-state index contributed by atoms with van der Waals surface area (Å²) in [6.45, 7) is 7.93. The lowest BCUT2D eigenvalue weighted by Crippen LogP contribution is -2.43. The number of nitro benzene ring substituents is 2. The first-order chi connectivity index (χ1) is 16.8. The van der Waals surface area contributed by atoms with Gasteiger partial charge in [0, 0.05) is 29.7 Å². The number of fused-ring (bicyclic) bond motifs is 2. The number of aryl methyl sites for hydroxylation is 1. The lowest BCUT2D eigenvalue weighted by Gasteiger charge is -2.39. The van der Waals surface area contributed by atoms with Crippen LogP contribution in [0.2, 0.25) is 0 Å². The van der Waals surface area contributed by atoms with E-state index in [1.54, 1.807) is 0 Å². The highest BCUT2D eigenvalue weighted by Gasteiger charge is 2.71. The van der Waals surface area contributed by atoms with E-state index in [1.165, 1.54) is 0 Å². The molecule has 0 heterocycles. The SMILES string of the molecule is Cc1cccc(NC(=O)C23CCC(C)(/C(=N/OC(=O)c4cc([N+](=O)[O-])cc([N+](=O)[O-])c4)C2)C3(C)C)c1. The zero-order chi connectivity index (χ0) is 26.5. The molecule has 1 N–H and O–H groups in total. The maximum absolute atomic E-state index is 13.6. The molecule has 2 saturated carbocycles. The second-order valence-corrected chi connectivity index (χ2v) is 10.2. The third-order valence-corrected chi connectivity index (χ3v) is 8.24. The number of hydrogen-bond donors (Lipinski definition) is 1. The number of anilines is 1. The second-order valence-electron chi connectivity index (χ2n) is 10.2. The number of oxime groups is 1. The number of nitro groups is 2. The number of hydrogen-bond acceptors (Lipinski definition) is 8. The van der Waals surface area contributed by atoms with Crippen molar-refractivity contribution < 1.29 is 24.3 Å². The molecule has 2 unspecified atom stereocenters. The molecule has 2 aliphatic carbocycles. The van der Waals surface area contributed by atoms with E-state index in [2.05, 4.69) is 10.5 Å². The largest absolute Gasteiger partial charge is 0.366 e. The van der Waals surface area contributed by atoms with E-state index in [1.807, 2.05) is 52.0 Å². The molecule has 2 atom stereocenters. The van der Waals surface area contributed by atoms with Crippen LogP contribution in [0.5, 0.6) is 0 Å². The highest BCUT2D eigenvalue weighted by atomic mass is 16.7. The van der Waals surface area contributed by atoms with Gasteiger partial charge in [-0.1, -0.05) is 38.1 Å². The number of carbonyl (C=O) groups is 2. The Hall–Kier alpha value is -4.15. The predicted molar refractivity (Wildman–Crippen MR) is 131 cm³/mol. The Morgan fingerprint density at radius 2 is 1.64 bits per heavy atom. The van der Waals surface area contributed by atoms with Gasteiger partial charge in [0.2, 0.25) is 5.91 Å². The van der Waals surface area contributed by atoms with Crippen molar-refractivity contribution in [3.8, 4) is 0 Å². The van der Waals surface area contributed by atoms with E-state index in [-0.39, 0.29) is 17.9 Å². The second kappa shape index (κ2) is 8.51. The van der Waals surface area contributed by atoms with Crippen LogP contribution in [-0.2, 0) is 9.63 Å². The van der Waals surface area contributed by atoms with Gasteiger partial charge in [-0.25, -0.2) is 4.79 Å². The van der Waals surface area contributed by atoms with Gasteiger partial charge in [0.1, 0.15) is 0 Å². The summed E-state index contributed by atoms with van der Waals surface area (Å²) in [5.74, 6) is -1.19. The minimum absolute atomic E-state index is 0.132. The monoisotopic (exact) mass is 494 g/mol. The summed E-state index contributed by atoms with van der Waals surface area (Å²) in [4.78, 5) is 52.0. The molecule has 0 aliphatic heterocycles. The van der Waals surface area contributed by atoms with Crippen molar-refractivity contribution in [2.24, 2.45) is 21.4 Å². The molecule has 2 aliphatic rings. The molecule has 11 heteroatoms. The van der Waals surface area contributed by atoms with Crippen molar-refractivity contribution in [3.63, 3.8) is 0 Å².